The van der Waals surface area contributed by atoms with E-state index in [9.17, 15) is 9.18 Å². The number of amides is 1. The lowest BCUT2D eigenvalue weighted by Crippen LogP contribution is -2.20. The molecule has 0 bridgehead atoms. The highest BCUT2D eigenvalue weighted by Crippen LogP contribution is 2.23. The van der Waals surface area contributed by atoms with Crippen LogP contribution >= 0.6 is 0 Å². The molecule has 0 unspecified atom stereocenters. The zero-order chi connectivity index (χ0) is 23.4. The van der Waals surface area contributed by atoms with E-state index in [2.05, 4.69) is 20.4 Å². The fraction of sp³-hybridized carbons (Fsp3) is 0.167. The van der Waals surface area contributed by atoms with Gasteiger partial charge in [-0.1, -0.05) is 12.1 Å². The Hall–Kier alpha value is -4.27. The summed E-state index contributed by atoms with van der Waals surface area (Å²) in [6, 6.07) is 14.4. The van der Waals surface area contributed by atoms with Crippen molar-refractivity contribution in [3.63, 3.8) is 0 Å². The van der Waals surface area contributed by atoms with Crippen molar-refractivity contribution in [2.24, 2.45) is 0 Å². The second-order valence-corrected chi connectivity index (χ2v) is 7.32. The van der Waals surface area contributed by atoms with Gasteiger partial charge in [0.15, 0.2) is 24.0 Å². The fourth-order valence-electron chi connectivity index (χ4n) is 3.07. The zero-order valence-corrected chi connectivity index (χ0v) is 18.4. The van der Waals surface area contributed by atoms with Gasteiger partial charge in [-0.2, -0.15) is 5.10 Å². The lowest BCUT2D eigenvalue weighted by molar-refractivity contribution is -0.118. The number of anilines is 1. The first-order valence-corrected chi connectivity index (χ1v) is 10.2. The normalized spacial score (nSPS) is 10.7. The average Bonchev–Trinajstić information content (AvgIpc) is 3.07. The predicted octanol–water partition coefficient (Wildman–Crippen LogP) is 4.54. The number of halogens is 1. The van der Waals surface area contributed by atoms with Crippen molar-refractivity contribution in [1.82, 2.24) is 19.7 Å². The summed E-state index contributed by atoms with van der Waals surface area (Å²) < 4.78 is 26.3. The van der Waals surface area contributed by atoms with E-state index in [0.717, 1.165) is 17.0 Å². The maximum Gasteiger partial charge on any atom is 0.262 e. The Morgan fingerprint density at radius 2 is 1.82 bits per heavy atom. The molecule has 9 heteroatoms. The lowest BCUT2D eigenvalue weighted by atomic mass is 10.2. The first-order valence-electron chi connectivity index (χ1n) is 10.2. The summed E-state index contributed by atoms with van der Waals surface area (Å²) in [7, 11) is 0. The average molecular weight is 447 g/mol. The van der Waals surface area contributed by atoms with E-state index in [1.165, 1.54) is 18.5 Å². The number of rotatable bonds is 7. The van der Waals surface area contributed by atoms with Crippen LogP contribution in [0.1, 0.15) is 17.0 Å². The summed E-state index contributed by atoms with van der Waals surface area (Å²) in [5.74, 6) is 0.592. The summed E-state index contributed by atoms with van der Waals surface area (Å²) in [5.41, 5.74) is 3.58. The summed E-state index contributed by atoms with van der Waals surface area (Å²) in [6.45, 7) is 5.63. The van der Waals surface area contributed by atoms with Crippen LogP contribution in [0.4, 0.5) is 10.1 Å². The number of para-hydroxylation sites is 1. The van der Waals surface area contributed by atoms with E-state index in [-0.39, 0.29) is 12.4 Å². The first kappa shape index (κ1) is 21.9. The molecule has 2 aromatic heterocycles. The van der Waals surface area contributed by atoms with Crippen LogP contribution in [0.15, 0.2) is 60.9 Å². The molecule has 4 aromatic rings. The minimum atomic E-state index is -0.521. The highest BCUT2D eigenvalue weighted by atomic mass is 19.1. The van der Waals surface area contributed by atoms with Crippen LogP contribution in [0, 0.1) is 26.6 Å². The van der Waals surface area contributed by atoms with Gasteiger partial charge in [0, 0.05) is 17.4 Å². The molecule has 0 fully saturated rings. The van der Waals surface area contributed by atoms with Crippen molar-refractivity contribution in [2.75, 3.05) is 11.9 Å². The zero-order valence-electron chi connectivity index (χ0n) is 18.4. The summed E-state index contributed by atoms with van der Waals surface area (Å²) in [4.78, 5) is 20.5. The lowest BCUT2D eigenvalue weighted by Gasteiger charge is -2.10. The summed E-state index contributed by atoms with van der Waals surface area (Å²) in [5, 5.41) is 7.19. The highest BCUT2D eigenvalue weighted by Gasteiger charge is 2.12. The molecule has 0 radical (unpaired) electrons. The van der Waals surface area contributed by atoms with Gasteiger partial charge in [-0.25, -0.2) is 19.0 Å². The first-order chi connectivity index (χ1) is 15.9. The van der Waals surface area contributed by atoms with Gasteiger partial charge < -0.3 is 14.8 Å². The van der Waals surface area contributed by atoms with E-state index in [0.29, 0.717) is 23.1 Å². The van der Waals surface area contributed by atoms with Gasteiger partial charge in [0.25, 0.3) is 5.91 Å². The molecule has 0 aliphatic rings. The van der Waals surface area contributed by atoms with Gasteiger partial charge in [0.05, 0.1) is 5.69 Å². The predicted molar refractivity (Wildman–Crippen MR) is 120 cm³/mol. The molecule has 1 N–H and O–H groups in total. The van der Waals surface area contributed by atoms with Crippen molar-refractivity contribution in [3.05, 3.63) is 83.7 Å². The number of carbonyl (C=O) groups excluding carboxylic acids is 1. The fourth-order valence-corrected chi connectivity index (χ4v) is 3.07. The smallest absolute Gasteiger partial charge is 0.262 e. The molecule has 33 heavy (non-hydrogen) atoms. The van der Waals surface area contributed by atoms with Crippen LogP contribution in [0.5, 0.6) is 17.4 Å². The molecule has 0 aliphatic carbocycles. The summed E-state index contributed by atoms with van der Waals surface area (Å²) in [6.07, 6.45) is 1.42. The van der Waals surface area contributed by atoms with Crippen LogP contribution in [-0.2, 0) is 4.79 Å². The summed E-state index contributed by atoms with van der Waals surface area (Å²) >= 11 is 0. The van der Waals surface area contributed by atoms with E-state index >= 15 is 0 Å². The number of nitrogens with one attached hydrogen (secondary N) is 1. The number of carbonyl (C=O) groups is 1. The van der Waals surface area contributed by atoms with Crippen molar-refractivity contribution in [2.45, 2.75) is 20.8 Å². The Morgan fingerprint density at radius 1 is 1.06 bits per heavy atom. The Bertz CT molecular complexity index is 1290. The molecule has 2 aromatic carbocycles. The minimum absolute atomic E-state index is 0.0243. The molecule has 168 valence electrons. The Labute approximate surface area is 190 Å². The topological polar surface area (TPSA) is 91.2 Å². The van der Waals surface area contributed by atoms with Crippen LogP contribution < -0.4 is 14.8 Å². The molecule has 1 amide bonds. The number of hydrogen-bond acceptors (Lipinski definition) is 6. The Balaban J connectivity index is 1.37. The molecule has 0 aliphatic heterocycles. The van der Waals surface area contributed by atoms with Crippen LogP contribution in [-0.4, -0.2) is 32.3 Å². The Morgan fingerprint density at radius 3 is 2.52 bits per heavy atom. The molecule has 0 spiro atoms. The number of aromatic nitrogens is 4. The van der Waals surface area contributed by atoms with Crippen LogP contribution in [0.3, 0.4) is 0 Å². The standard InChI is InChI=1S/C24H22FN5O3/c1-15-16(2)29-30(17(15)3)22-12-24(27-14-26-22)33-19-10-8-18(9-11-19)28-23(31)13-32-21-7-5-4-6-20(21)25/h4-12,14H,13H2,1-3H3,(H,28,31). The molecule has 0 saturated carbocycles. The number of aryl methyl sites for hydroxylation is 1. The molecule has 0 saturated heterocycles. The monoisotopic (exact) mass is 447 g/mol. The van der Waals surface area contributed by atoms with Gasteiger partial charge in [0.2, 0.25) is 5.88 Å². The van der Waals surface area contributed by atoms with E-state index in [1.807, 2.05) is 20.8 Å². The number of nitrogens with zero attached hydrogens (tertiary/aromatic N) is 4. The molecular formula is C24H22FN5O3. The van der Waals surface area contributed by atoms with Crippen LogP contribution in [0.25, 0.3) is 5.82 Å². The molecule has 2 heterocycles. The van der Waals surface area contributed by atoms with Crippen molar-refractivity contribution in [3.8, 4) is 23.2 Å². The van der Waals surface area contributed by atoms with Gasteiger partial charge in [-0.3, -0.25) is 4.79 Å². The maximum absolute atomic E-state index is 13.6. The van der Waals surface area contributed by atoms with Gasteiger partial charge in [-0.05, 0) is 62.7 Å². The maximum atomic E-state index is 13.6. The highest BCUT2D eigenvalue weighted by molar-refractivity contribution is 5.91. The van der Waals surface area contributed by atoms with E-state index < -0.39 is 11.7 Å². The third kappa shape index (κ3) is 5.15. The SMILES string of the molecule is Cc1nn(-c2cc(Oc3ccc(NC(=O)COc4ccccc4F)cc3)ncn2)c(C)c1C. The number of benzene rings is 2. The molecule has 4 rings (SSSR count). The van der Waals surface area contributed by atoms with Crippen molar-refractivity contribution in [1.29, 1.82) is 0 Å². The Kier molecular flexibility index (Phi) is 6.30. The molecular weight excluding hydrogens is 425 g/mol. The van der Waals surface area contributed by atoms with Crippen LogP contribution in [0.2, 0.25) is 0 Å². The number of hydrogen-bond donors (Lipinski definition) is 1. The molecule has 0 atom stereocenters. The van der Waals surface area contributed by atoms with Crippen molar-refractivity contribution >= 4 is 11.6 Å². The molecule has 8 nitrogen and oxygen atoms in total. The van der Waals surface area contributed by atoms with Crippen molar-refractivity contribution < 1.29 is 18.7 Å². The quantitative estimate of drug-likeness (QED) is 0.447. The third-order valence-corrected chi connectivity index (χ3v) is 5.05. The number of ether oxygens (including phenoxy) is 2. The van der Waals surface area contributed by atoms with E-state index in [1.54, 1.807) is 47.1 Å². The largest absolute Gasteiger partial charge is 0.481 e. The minimum Gasteiger partial charge on any atom is -0.481 e. The second-order valence-electron chi connectivity index (χ2n) is 7.32. The second kappa shape index (κ2) is 9.47. The van der Waals surface area contributed by atoms with E-state index in [4.69, 9.17) is 9.47 Å². The third-order valence-electron chi connectivity index (χ3n) is 5.05. The van der Waals surface area contributed by atoms with Gasteiger partial charge >= 0.3 is 0 Å². The van der Waals surface area contributed by atoms with Gasteiger partial charge in [0.1, 0.15) is 12.1 Å². The van der Waals surface area contributed by atoms with Gasteiger partial charge in [-0.15, -0.1) is 0 Å².